The van der Waals surface area contributed by atoms with Gasteiger partial charge in [-0.15, -0.1) is 0 Å². The van der Waals surface area contributed by atoms with Crippen LogP contribution in [0.4, 0.5) is 0 Å². The normalized spacial score (nSPS) is 11.0. The van der Waals surface area contributed by atoms with Gasteiger partial charge in [-0.1, -0.05) is 47.6 Å². The average Bonchev–Trinajstić information content (AvgIpc) is 2.52. The molecule has 98 valence electrons. The van der Waals surface area contributed by atoms with Crippen LogP contribution < -0.4 is 0 Å². The molecule has 0 bridgehead atoms. The van der Waals surface area contributed by atoms with Crippen LogP contribution in [0.25, 0.3) is 10.8 Å². The molecule has 0 atom stereocenters. The third-order valence-corrected chi connectivity index (χ3v) is 3.01. The number of hydrogen-bond donors (Lipinski definition) is 0. The van der Waals surface area contributed by atoms with Gasteiger partial charge in [-0.25, -0.2) is 0 Å². The van der Waals surface area contributed by atoms with Gasteiger partial charge in [0, 0.05) is 17.8 Å². The molecule has 0 aliphatic carbocycles. The highest BCUT2D eigenvalue weighted by Crippen LogP contribution is 2.13. The van der Waals surface area contributed by atoms with Crippen LogP contribution in [-0.4, -0.2) is 11.2 Å². The molecule has 0 fully saturated rings. The number of oxime groups is 1. The fourth-order valence-corrected chi connectivity index (χ4v) is 1.97. The number of hydrogen-bond acceptors (Lipinski definition) is 3. The molecule has 1 heterocycles. The average molecular weight is 262 g/mol. The van der Waals surface area contributed by atoms with E-state index in [4.69, 9.17) is 4.84 Å². The summed E-state index contributed by atoms with van der Waals surface area (Å²) in [5.74, 6) is 0. The van der Waals surface area contributed by atoms with Crippen LogP contribution in [0, 0.1) is 0 Å². The Morgan fingerprint density at radius 3 is 2.80 bits per heavy atom. The fraction of sp³-hybridized carbons (Fsp3) is 0.0588. The lowest BCUT2D eigenvalue weighted by Crippen LogP contribution is -1.88. The molecule has 20 heavy (non-hydrogen) atoms. The Morgan fingerprint density at radius 1 is 1.00 bits per heavy atom. The van der Waals surface area contributed by atoms with Crippen molar-refractivity contribution in [1.29, 1.82) is 0 Å². The van der Waals surface area contributed by atoms with Crippen molar-refractivity contribution in [2.75, 3.05) is 0 Å². The van der Waals surface area contributed by atoms with Crippen molar-refractivity contribution in [3.05, 3.63) is 78.1 Å². The highest BCUT2D eigenvalue weighted by atomic mass is 16.6. The van der Waals surface area contributed by atoms with E-state index >= 15 is 0 Å². The van der Waals surface area contributed by atoms with E-state index in [0.717, 1.165) is 21.9 Å². The Balaban J connectivity index is 1.65. The molecule has 3 rings (SSSR count). The molecule has 0 aliphatic rings. The molecule has 3 aromatic rings. The van der Waals surface area contributed by atoms with Crippen molar-refractivity contribution in [3.8, 4) is 0 Å². The molecule has 0 N–H and O–H groups in total. The van der Waals surface area contributed by atoms with Gasteiger partial charge in [0.15, 0.2) is 0 Å². The number of rotatable bonds is 4. The van der Waals surface area contributed by atoms with Gasteiger partial charge in [0.1, 0.15) is 6.61 Å². The van der Waals surface area contributed by atoms with E-state index in [1.54, 1.807) is 12.4 Å². The summed E-state index contributed by atoms with van der Waals surface area (Å²) >= 11 is 0. The first kappa shape index (κ1) is 12.4. The second kappa shape index (κ2) is 5.97. The number of benzene rings is 2. The zero-order chi connectivity index (χ0) is 13.6. The molecule has 3 nitrogen and oxygen atoms in total. The lowest BCUT2D eigenvalue weighted by Gasteiger charge is -2.00. The van der Waals surface area contributed by atoms with Crippen molar-refractivity contribution in [1.82, 2.24) is 4.98 Å². The van der Waals surface area contributed by atoms with Crippen LogP contribution in [0.5, 0.6) is 0 Å². The van der Waals surface area contributed by atoms with Gasteiger partial charge in [-0.3, -0.25) is 4.98 Å². The maximum Gasteiger partial charge on any atom is 0.142 e. The first-order valence-corrected chi connectivity index (χ1v) is 6.45. The summed E-state index contributed by atoms with van der Waals surface area (Å²) in [5.41, 5.74) is 2.12. The van der Waals surface area contributed by atoms with Crippen LogP contribution >= 0.6 is 0 Å². The molecule has 0 spiro atoms. The summed E-state index contributed by atoms with van der Waals surface area (Å²) in [6.07, 6.45) is 5.36. The summed E-state index contributed by atoms with van der Waals surface area (Å²) in [7, 11) is 0. The van der Waals surface area contributed by atoms with Gasteiger partial charge in [0.05, 0.1) is 6.21 Å². The highest BCUT2D eigenvalue weighted by molar-refractivity contribution is 5.89. The Labute approximate surface area is 117 Å². The zero-order valence-corrected chi connectivity index (χ0v) is 10.9. The fourth-order valence-electron chi connectivity index (χ4n) is 1.97. The molecule has 0 unspecified atom stereocenters. The van der Waals surface area contributed by atoms with E-state index < -0.39 is 0 Å². The summed E-state index contributed by atoms with van der Waals surface area (Å²) in [6, 6.07) is 18.1. The van der Waals surface area contributed by atoms with Crippen molar-refractivity contribution in [2.45, 2.75) is 6.61 Å². The number of aromatic nitrogens is 1. The molecule has 1 aromatic heterocycles. The van der Waals surface area contributed by atoms with Crippen LogP contribution in [-0.2, 0) is 11.4 Å². The third kappa shape index (κ3) is 3.01. The van der Waals surface area contributed by atoms with E-state index in [0.29, 0.717) is 6.61 Å². The molecule has 0 saturated heterocycles. The van der Waals surface area contributed by atoms with Crippen LogP contribution in [0.1, 0.15) is 11.1 Å². The van der Waals surface area contributed by atoms with Crippen LogP contribution in [0.15, 0.2) is 72.1 Å². The molecule has 0 amide bonds. The second-order valence-corrected chi connectivity index (χ2v) is 4.48. The molecular weight excluding hydrogens is 248 g/mol. The van der Waals surface area contributed by atoms with Crippen LogP contribution in [0.3, 0.4) is 0 Å². The van der Waals surface area contributed by atoms with Gasteiger partial charge in [-0.2, -0.15) is 0 Å². The van der Waals surface area contributed by atoms with E-state index in [2.05, 4.69) is 16.2 Å². The van der Waals surface area contributed by atoms with Crippen molar-refractivity contribution in [3.63, 3.8) is 0 Å². The molecule has 0 saturated carbocycles. The van der Waals surface area contributed by atoms with Gasteiger partial charge in [-0.05, 0) is 28.6 Å². The summed E-state index contributed by atoms with van der Waals surface area (Å²) < 4.78 is 0. The van der Waals surface area contributed by atoms with E-state index in [1.807, 2.05) is 54.7 Å². The SMILES string of the molecule is C(=N\OCc1ccccc1)/c1ccc2cnccc2c1. The molecule has 2 aromatic carbocycles. The highest BCUT2D eigenvalue weighted by Gasteiger charge is 1.94. The van der Waals surface area contributed by atoms with E-state index in [-0.39, 0.29) is 0 Å². The number of fused-ring (bicyclic) bond motifs is 1. The van der Waals surface area contributed by atoms with Gasteiger partial charge >= 0.3 is 0 Å². The summed E-state index contributed by atoms with van der Waals surface area (Å²) in [4.78, 5) is 9.39. The summed E-state index contributed by atoms with van der Waals surface area (Å²) in [5, 5.41) is 6.27. The predicted molar refractivity (Wildman–Crippen MR) is 80.6 cm³/mol. The number of nitrogens with zero attached hydrogens (tertiary/aromatic N) is 2. The predicted octanol–water partition coefficient (Wildman–Crippen LogP) is 3.79. The van der Waals surface area contributed by atoms with Gasteiger partial charge < -0.3 is 4.84 Å². The van der Waals surface area contributed by atoms with Crippen molar-refractivity contribution < 1.29 is 4.84 Å². The Morgan fingerprint density at radius 2 is 1.90 bits per heavy atom. The van der Waals surface area contributed by atoms with E-state index in [9.17, 15) is 0 Å². The maximum absolute atomic E-state index is 5.29. The minimum Gasteiger partial charge on any atom is -0.391 e. The number of pyridine rings is 1. The third-order valence-electron chi connectivity index (χ3n) is 3.01. The minimum absolute atomic E-state index is 0.481. The second-order valence-electron chi connectivity index (χ2n) is 4.48. The van der Waals surface area contributed by atoms with Crippen LogP contribution in [0.2, 0.25) is 0 Å². The smallest absolute Gasteiger partial charge is 0.142 e. The minimum atomic E-state index is 0.481. The van der Waals surface area contributed by atoms with Crippen molar-refractivity contribution >= 4 is 17.0 Å². The summed E-state index contributed by atoms with van der Waals surface area (Å²) in [6.45, 7) is 0.481. The Bertz CT molecular complexity index is 723. The van der Waals surface area contributed by atoms with Gasteiger partial charge in [0.25, 0.3) is 0 Å². The molecular formula is C17H14N2O. The lowest BCUT2D eigenvalue weighted by atomic mass is 10.1. The van der Waals surface area contributed by atoms with E-state index in [1.165, 1.54) is 0 Å². The monoisotopic (exact) mass is 262 g/mol. The Kier molecular flexibility index (Phi) is 3.69. The standard InChI is InChI=1S/C17H14N2O/c1-2-4-14(5-3-1)13-20-19-11-15-6-7-17-12-18-9-8-16(17)10-15/h1-12H,13H2/b19-11+. The molecule has 3 heteroatoms. The van der Waals surface area contributed by atoms with Crippen molar-refractivity contribution in [2.24, 2.45) is 5.16 Å². The molecule has 0 radical (unpaired) electrons. The lowest BCUT2D eigenvalue weighted by molar-refractivity contribution is 0.132. The quantitative estimate of drug-likeness (QED) is 0.529. The first-order chi connectivity index (χ1) is 9.92. The Hall–Kier alpha value is -2.68. The largest absolute Gasteiger partial charge is 0.391 e. The zero-order valence-electron chi connectivity index (χ0n) is 10.9. The van der Waals surface area contributed by atoms with Gasteiger partial charge in [0.2, 0.25) is 0 Å². The maximum atomic E-state index is 5.29. The molecule has 0 aliphatic heterocycles. The first-order valence-electron chi connectivity index (χ1n) is 6.45. The topological polar surface area (TPSA) is 34.5 Å².